The van der Waals surface area contributed by atoms with E-state index in [2.05, 4.69) is 0 Å². The molecule has 0 heterocycles. The van der Waals surface area contributed by atoms with Crippen LogP contribution in [0.15, 0.2) is 70.5 Å². The number of nitro benzene ring substituents is 1. The second-order valence-electron chi connectivity index (χ2n) is 6.44. The molecule has 0 spiro atoms. The van der Waals surface area contributed by atoms with E-state index < -0.39 is 64.0 Å². The number of rotatable bonds is 7. The van der Waals surface area contributed by atoms with Crippen molar-refractivity contribution in [2.75, 3.05) is 0 Å². The van der Waals surface area contributed by atoms with E-state index in [1.54, 1.807) is 4.13 Å². The highest BCUT2D eigenvalue weighted by Crippen LogP contribution is 2.37. The van der Waals surface area contributed by atoms with Crippen LogP contribution in [-0.2, 0) is 27.2 Å². The average Bonchev–Trinajstić information content (AvgIpc) is 2.74. The Bertz CT molecular complexity index is 1380. The minimum absolute atomic E-state index is 0.225. The number of nitrogens with one attached hydrogen (secondary N) is 1. The first-order chi connectivity index (χ1) is 15.8. The molecular weight excluding hydrogens is 528 g/mol. The summed E-state index contributed by atoms with van der Waals surface area (Å²) in [7, 11) is -7.19. The van der Waals surface area contributed by atoms with E-state index in [1.165, 1.54) is 0 Å². The fourth-order valence-corrected chi connectivity index (χ4v) is 5.36. The van der Waals surface area contributed by atoms with Gasteiger partial charge in [-0.3, -0.25) is 10.1 Å². The zero-order valence-corrected chi connectivity index (χ0v) is 18.8. The van der Waals surface area contributed by atoms with Crippen molar-refractivity contribution >= 4 is 38.3 Å². The first-order valence-electron chi connectivity index (χ1n) is 8.81. The lowest BCUT2D eigenvalue weighted by molar-refractivity contribution is -0.387. The standard InChI is InChI=1S/C19H11ClF4N2O6S2/c20-15-9-11(19(22,23)24)1-8-17(15)32-13-4-7-16(26(27)28)18(10-13)33(29)25-34(30,31)14-5-2-12(21)3-6-14/h1-10,25H. The highest BCUT2D eigenvalue weighted by Gasteiger charge is 2.31. The van der Waals surface area contributed by atoms with Crippen LogP contribution in [0.2, 0.25) is 5.02 Å². The number of nitro groups is 1. The number of hydrogen-bond acceptors (Lipinski definition) is 6. The molecule has 0 bridgehead atoms. The smallest absolute Gasteiger partial charge is 0.416 e. The molecule has 0 aliphatic heterocycles. The molecular formula is C19H11ClF4N2O6S2. The summed E-state index contributed by atoms with van der Waals surface area (Å²) in [4.78, 5) is 9.35. The Balaban J connectivity index is 1.93. The van der Waals surface area contributed by atoms with Gasteiger partial charge < -0.3 is 4.74 Å². The van der Waals surface area contributed by atoms with Crippen molar-refractivity contribution < 1.29 is 39.8 Å². The number of sulfonamides is 1. The van der Waals surface area contributed by atoms with Gasteiger partial charge >= 0.3 is 6.18 Å². The minimum Gasteiger partial charge on any atom is -0.456 e. The normalized spacial score (nSPS) is 12.9. The summed E-state index contributed by atoms with van der Waals surface area (Å²) in [5, 5.41) is 10.9. The van der Waals surface area contributed by atoms with Crippen LogP contribution in [0.25, 0.3) is 0 Å². The van der Waals surface area contributed by atoms with E-state index >= 15 is 0 Å². The summed E-state index contributed by atoms with van der Waals surface area (Å²) in [5.41, 5.74) is -1.77. The molecule has 0 amide bonds. The van der Waals surface area contributed by atoms with Gasteiger partial charge in [-0.15, -0.1) is 4.13 Å². The SMILES string of the molecule is O=[N+]([O-])c1ccc(Oc2ccc(C(F)(F)F)cc2Cl)cc1S(=O)NS(=O)(=O)c1ccc(F)cc1. The van der Waals surface area contributed by atoms with Crippen LogP contribution >= 0.6 is 11.6 Å². The molecule has 0 radical (unpaired) electrons. The number of nitrogens with zero attached hydrogens (tertiary/aromatic N) is 1. The predicted octanol–water partition coefficient (Wildman–Crippen LogP) is 5.20. The Morgan fingerprint density at radius 1 is 1.03 bits per heavy atom. The molecule has 8 nitrogen and oxygen atoms in total. The third-order valence-electron chi connectivity index (χ3n) is 4.12. The molecule has 15 heteroatoms. The number of alkyl halides is 3. The van der Waals surface area contributed by atoms with E-state index in [9.17, 15) is 40.3 Å². The number of benzene rings is 3. The maximum atomic E-state index is 13.0. The maximum absolute atomic E-state index is 13.0. The van der Waals surface area contributed by atoms with Crippen LogP contribution in [0.4, 0.5) is 23.2 Å². The van der Waals surface area contributed by atoms with Crippen molar-refractivity contribution in [3.63, 3.8) is 0 Å². The Morgan fingerprint density at radius 3 is 2.24 bits per heavy atom. The second kappa shape index (κ2) is 9.66. The summed E-state index contributed by atoms with van der Waals surface area (Å²) in [6.45, 7) is 0. The molecule has 1 N–H and O–H groups in total. The first-order valence-corrected chi connectivity index (χ1v) is 11.8. The molecule has 3 rings (SSSR count). The molecule has 3 aromatic carbocycles. The minimum atomic E-state index is -4.65. The first kappa shape index (κ1) is 25.6. The molecule has 1 unspecified atom stereocenters. The number of hydrogen-bond donors (Lipinski definition) is 1. The van der Waals surface area contributed by atoms with Gasteiger partial charge in [0, 0.05) is 12.1 Å². The molecule has 0 aromatic heterocycles. The number of ether oxygens (including phenoxy) is 1. The molecule has 0 aliphatic rings. The lowest BCUT2D eigenvalue weighted by Gasteiger charge is -2.12. The Labute approximate surface area is 196 Å². The molecule has 34 heavy (non-hydrogen) atoms. The average molecular weight is 539 g/mol. The quantitative estimate of drug-likeness (QED) is 0.251. The van der Waals surface area contributed by atoms with Crippen molar-refractivity contribution in [1.29, 1.82) is 0 Å². The zero-order chi connectivity index (χ0) is 25.3. The summed E-state index contributed by atoms with van der Waals surface area (Å²) in [6.07, 6.45) is -4.65. The highest BCUT2D eigenvalue weighted by molar-refractivity contribution is 8.02. The van der Waals surface area contributed by atoms with E-state index in [4.69, 9.17) is 16.3 Å². The lowest BCUT2D eigenvalue weighted by atomic mass is 10.2. The van der Waals surface area contributed by atoms with E-state index in [0.717, 1.165) is 48.5 Å². The molecule has 180 valence electrons. The van der Waals surface area contributed by atoms with Crippen LogP contribution in [0.1, 0.15) is 5.56 Å². The zero-order valence-electron chi connectivity index (χ0n) is 16.4. The highest BCUT2D eigenvalue weighted by atomic mass is 35.5. The van der Waals surface area contributed by atoms with Gasteiger partial charge in [0.25, 0.3) is 15.7 Å². The van der Waals surface area contributed by atoms with Crippen LogP contribution < -0.4 is 8.86 Å². The third-order valence-corrected chi connectivity index (χ3v) is 7.52. The van der Waals surface area contributed by atoms with Gasteiger partial charge in [-0.05, 0) is 48.5 Å². The topological polar surface area (TPSA) is 116 Å². The summed E-state index contributed by atoms with van der Waals surface area (Å²) in [6, 6.07) is 8.51. The molecule has 0 saturated carbocycles. The molecule has 0 aliphatic carbocycles. The van der Waals surface area contributed by atoms with Crippen molar-refractivity contribution in [3.8, 4) is 11.5 Å². The van der Waals surface area contributed by atoms with Gasteiger partial charge in [0.2, 0.25) is 0 Å². The molecule has 3 aromatic rings. The Morgan fingerprint density at radius 2 is 1.68 bits per heavy atom. The van der Waals surface area contributed by atoms with Gasteiger partial charge in [-0.2, -0.15) is 13.2 Å². The van der Waals surface area contributed by atoms with Gasteiger partial charge in [0.15, 0.2) is 0 Å². The van der Waals surface area contributed by atoms with Crippen molar-refractivity contribution in [2.45, 2.75) is 16.0 Å². The second-order valence-corrected chi connectivity index (χ2v) is 9.97. The lowest BCUT2D eigenvalue weighted by Crippen LogP contribution is -2.26. The van der Waals surface area contributed by atoms with Crippen LogP contribution in [-0.4, -0.2) is 17.6 Å². The van der Waals surface area contributed by atoms with Gasteiger partial charge in [0.1, 0.15) is 33.2 Å². The van der Waals surface area contributed by atoms with Gasteiger partial charge in [0.05, 0.1) is 20.4 Å². The van der Waals surface area contributed by atoms with E-state index in [-0.39, 0.29) is 11.5 Å². The fraction of sp³-hybridized carbons (Fsp3) is 0.0526. The van der Waals surface area contributed by atoms with E-state index in [0.29, 0.717) is 12.1 Å². The summed E-state index contributed by atoms with van der Waals surface area (Å²) >= 11 is 5.82. The monoisotopic (exact) mass is 538 g/mol. The molecule has 0 fully saturated rings. The van der Waals surface area contributed by atoms with Crippen LogP contribution in [0.3, 0.4) is 0 Å². The van der Waals surface area contributed by atoms with Crippen LogP contribution in [0, 0.1) is 15.9 Å². The predicted molar refractivity (Wildman–Crippen MR) is 113 cm³/mol. The van der Waals surface area contributed by atoms with E-state index in [1.807, 2.05) is 0 Å². The van der Waals surface area contributed by atoms with Gasteiger partial charge in [-0.25, -0.2) is 17.0 Å². The summed E-state index contributed by atoms with van der Waals surface area (Å²) in [5.74, 6) is -1.19. The Kier molecular flexibility index (Phi) is 7.26. The molecule has 1 atom stereocenters. The summed E-state index contributed by atoms with van der Waals surface area (Å²) < 4.78 is 96.0. The van der Waals surface area contributed by atoms with Crippen molar-refractivity contribution in [3.05, 3.63) is 87.2 Å². The van der Waals surface area contributed by atoms with Crippen molar-refractivity contribution in [1.82, 2.24) is 4.13 Å². The van der Waals surface area contributed by atoms with Crippen molar-refractivity contribution in [2.24, 2.45) is 0 Å². The van der Waals surface area contributed by atoms with Crippen LogP contribution in [0.5, 0.6) is 11.5 Å². The fourth-order valence-electron chi connectivity index (χ4n) is 2.55. The number of halogens is 5. The molecule has 0 saturated heterocycles. The van der Waals surface area contributed by atoms with Gasteiger partial charge in [-0.1, -0.05) is 11.6 Å². The third kappa shape index (κ3) is 5.88. The Hall–Kier alpha value is -3.07. The maximum Gasteiger partial charge on any atom is 0.416 e. The largest absolute Gasteiger partial charge is 0.456 e.